The number of amides is 1. The molecule has 0 saturated carbocycles. The highest BCUT2D eigenvalue weighted by molar-refractivity contribution is 7.90. The lowest BCUT2D eigenvalue weighted by Gasteiger charge is -2.16. The predicted molar refractivity (Wildman–Crippen MR) is 92.3 cm³/mol. The summed E-state index contributed by atoms with van der Waals surface area (Å²) in [6.07, 6.45) is 0.799. The summed E-state index contributed by atoms with van der Waals surface area (Å²) in [5, 5.41) is 0. The van der Waals surface area contributed by atoms with E-state index in [0.717, 1.165) is 6.42 Å². The maximum Gasteiger partial charge on any atom is 0.253 e. The van der Waals surface area contributed by atoms with Gasteiger partial charge >= 0.3 is 0 Å². The average molecular weight is 344 g/mol. The molecule has 1 fully saturated rings. The quantitative estimate of drug-likeness (QED) is 0.918. The fourth-order valence-electron chi connectivity index (χ4n) is 2.88. The van der Waals surface area contributed by atoms with Crippen molar-refractivity contribution in [2.24, 2.45) is 5.73 Å². The number of likely N-dealkylation sites (tertiary alicyclic amines) is 1. The van der Waals surface area contributed by atoms with Gasteiger partial charge in [-0.2, -0.15) is 0 Å². The summed E-state index contributed by atoms with van der Waals surface area (Å²) < 4.78 is 24.9. The highest BCUT2D eigenvalue weighted by Crippen LogP contribution is 2.18. The second-order valence-corrected chi connectivity index (χ2v) is 8.06. The second kappa shape index (κ2) is 6.75. The first kappa shape index (κ1) is 16.7. The highest BCUT2D eigenvalue weighted by atomic mass is 32.2. The number of carbonyl (C=O) groups excluding carboxylic acids is 1. The van der Waals surface area contributed by atoms with E-state index in [-0.39, 0.29) is 22.6 Å². The Morgan fingerprint density at radius 1 is 1.12 bits per heavy atom. The zero-order valence-electron chi connectivity index (χ0n) is 13.3. The lowest BCUT2D eigenvalue weighted by molar-refractivity contribution is 0.0790. The first-order chi connectivity index (χ1) is 11.5. The van der Waals surface area contributed by atoms with E-state index in [9.17, 15) is 13.2 Å². The highest BCUT2D eigenvalue weighted by Gasteiger charge is 2.25. The van der Waals surface area contributed by atoms with Gasteiger partial charge in [0.25, 0.3) is 5.91 Å². The molecule has 1 amide bonds. The van der Waals surface area contributed by atoms with E-state index >= 15 is 0 Å². The van der Waals surface area contributed by atoms with E-state index in [1.807, 2.05) is 0 Å². The Morgan fingerprint density at radius 2 is 1.88 bits per heavy atom. The monoisotopic (exact) mass is 344 g/mol. The van der Waals surface area contributed by atoms with Gasteiger partial charge in [0.15, 0.2) is 9.84 Å². The largest absolute Gasteiger partial charge is 0.337 e. The van der Waals surface area contributed by atoms with Gasteiger partial charge in [-0.25, -0.2) is 8.42 Å². The Balaban J connectivity index is 1.80. The van der Waals surface area contributed by atoms with Crippen molar-refractivity contribution in [2.75, 3.05) is 13.1 Å². The fraction of sp³-hybridized carbons (Fsp3) is 0.278. The standard InChI is InChI=1S/C18H20N2O3S/c19-16-9-10-20(12-16)18(21)15-6-4-5-14(11-15)13-24(22,23)17-7-2-1-3-8-17/h1-8,11,16H,9-10,12-13,19H2. The molecule has 1 unspecified atom stereocenters. The van der Waals surface area contributed by atoms with Crippen molar-refractivity contribution in [3.05, 3.63) is 65.7 Å². The minimum absolute atomic E-state index is 0.0237. The van der Waals surface area contributed by atoms with Crippen molar-refractivity contribution < 1.29 is 13.2 Å². The molecule has 2 aromatic rings. The molecule has 0 bridgehead atoms. The number of nitrogens with zero attached hydrogens (tertiary/aromatic N) is 1. The van der Waals surface area contributed by atoms with Crippen LogP contribution >= 0.6 is 0 Å². The summed E-state index contributed by atoms with van der Waals surface area (Å²) in [6.45, 7) is 1.19. The molecule has 3 rings (SSSR count). The molecule has 126 valence electrons. The van der Waals surface area contributed by atoms with Gasteiger partial charge in [0.1, 0.15) is 0 Å². The van der Waals surface area contributed by atoms with Crippen molar-refractivity contribution in [3.63, 3.8) is 0 Å². The van der Waals surface area contributed by atoms with Gasteiger partial charge in [0.2, 0.25) is 0 Å². The molecular formula is C18H20N2O3S. The SMILES string of the molecule is NC1CCN(C(=O)c2cccc(CS(=O)(=O)c3ccccc3)c2)C1. The zero-order valence-corrected chi connectivity index (χ0v) is 14.1. The molecule has 0 aromatic heterocycles. The Hall–Kier alpha value is -2.18. The first-order valence-electron chi connectivity index (χ1n) is 7.87. The lowest BCUT2D eigenvalue weighted by atomic mass is 10.1. The molecule has 0 spiro atoms. The van der Waals surface area contributed by atoms with Crippen LogP contribution in [0.25, 0.3) is 0 Å². The number of rotatable bonds is 4. The molecule has 24 heavy (non-hydrogen) atoms. The van der Waals surface area contributed by atoms with Gasteiger partial charge in [-0.15, -0.1) is 0 Å². The minimum Gasteiger partial charge on any atom is -0.337 e. The van der Waals surface area contributed by atoms with Crippen LogP contribution in [-0.4, -0.2) is 38.4 Å². The van der Waals surface area contributed by atoms with E-state index in [1.54, 1.807) is 59.5 Å². The molecule has 0 radical (unpaired) electrons. The third kappa shape index (κ3) is 3.66. The van der Waals surface area contributed by atoms with Crippen LogP contribution in [0.3, 0.4) is 0 Å². The normalized spacial score (nSPS) is 17.9. The van der Waals surface area contributed by atoms with Crippen LogP contribution < -0.4 is 5.73 Å². The van der Waals surface area contributed by atoms with Crippen LogP contribution in [0.4, 0.5) is 0 Å². The van der Waals surface area contributed by atoms with Gasteiger partial charge < -0.3 is 10.6 Å². The lowest BCUT2D eigenvalue weighted by Crippen LogP contribution is -2.31. The smallest absolute Gasteiger partial charge is 0.253 e. The van der Waals surface area contributed by atoms with E-state index in [0.29, 0.717) is 24.2 Å². The number of carbonyl (C=O) groups is 1. The zero-order chi connectivity index (χ0) is 17.2. The molecule has 5 nitrogen and oxygen atoms in total. The maximum atomic E-state index is 12.5. The van der Waals surface area contributed by atoms with Crippen LogP contribution in [0, 0.1) is 0 Å². The van der Waals surface area contributed by atoms with E-state index in [4.69, 9.17) is 5.73 Å². The van der Waals surface area contributed by atoms with Gasteiger partial charge in [-0.05, 0) is 36.2 Å². The van der Waals surface area contributed by atoms with Crippen LogP contribution in [0.1, 0.15) is 22.3 Å². The third-order valence-corrected chi connectivity index (χ3v) is 5.85. The van der Waals surface area contributed by atoms with Crippen molar-refractivity contribution in [2.45, 2.75) is 23.1 Å². The minimum atomic E-state index is -3.43. The molecule has 1 atom stereocenters. The summed E-state index contributed by atoms with van der Waals surface area (Å²) in [6, 6.07) is 15.2. The van der Waals surface area contributed by atoms with E-state index < -0.39 is 9.84 Å². The molecule has 2 aromatic carbocycles. The number of nitrogens with two attached hydrogens (primary N) is 1. The van der Waals surface area contributed by atoms with Crippen molar-refractivity contribution >= 4 is 15.7 Å². The Morgan fingerprint density at radius 3 is 2.54 bits per heavy atom. The van der Waals surface area contributed by atoms with Crippen LogP contribution in [0.5, 0.6) is 0 Å². The Kier molecular flexibility index (Phi) is 4.69. The summed E-state index contributed by atoms with van der Waals surface area (Å²) in [5.41, 5.74) is 6.95. The second-order valence-electron chi connectivity index (χ2n) is 6.07. The van der Waals surface area contributed by atoms with Crippen LogP contribution in [0.15, 0.2) is 59.5 Å². The van der Waals surface area contributed by atoms with Crippen molar-refractivity contribution in [1.82, 2.24) is 4.90 Å². The van der Waals surface area contributed by atoms with E-state index in [1.165, 1.54) is 0 Å². The fourth-order valence-corrected chi connectivity index (χ4v) is 4.24. The number of hydrogen-bond acceptors (Lipinski definition) is 4. The average Bonchev–Trinajstić information content (AvgIpc) is 3.01. The van der Waals surface area contributed by atoms with Gasteiger partial charge in [0, 0.05) is 24.7 Å². The van der Waals surface area contributed by atoms with Crippen molar-refractivity contribution in [1.29, 1.82) is 0 Å². The maximum absolute atomic E-state index is 12.5. The summed E-state index contributed by atoms with van der Waals surface area (Å²) in [7, 11) is -3.43. The summed E-state index contributed by atoms with van der Waals surface area (Å²) in [5.74, 6) is -0.223. The third-order valence-electron chi connectivity index (χ3n) is 4.14. The molecule has 1 aliphatic heterocycles. The Labute approximate surface area is 142 Å². The Bertz CT molecular complexity index is 834. The molecule has 1 saturated heterocycles. The summed E-state index contributed by atoms with van der Waals surface area (Å²) >= 11 is 0. The molecule has 0 aliphatic carbocycles. The topological polar surface area (TPSA) is 80.5 Å². The molecule has 2 N–H and O–H groups in total. The molecular weight excluding hydrogens is 324 g/mol. The molecule has 1 heterocycles. The van der Waals surface area contributed by atoms with Crippen molar-refractivity contribution in [3.8, 4) is 0 Å². The van der Waals surface area contributed by atoms with Crippen LogP contribution in [0.2, 0.25) is 0 Å². The first-order valence-corrected chi connectivity index (χ1v) is 9.52. The predicted octanol–water partition coefficient (Wildman–Crippen LogP) is 1.83. The van der Waals surface area contributed by atoms with Gasteiger partial charge in [0.05, 0.1) is 10.6 Å². The number of sulfone groups is 1. The molecule has 1 aliphatic rings. The number of benzene rings is 2. The summed E-state index contributed by atoms with van der Waals surface area (Å²) in [4.78, 5) is 14.5. The molecule has 6 heteroatoms. The van der Waals surface area contributed by atoms with Gasteiger partial charge in [-0.1, -0.05) is 30.3 Å². The van der Waals surface area contributed by atoms with Crippen LogP contribution in [-0.2, 0) is 15.6 Å². The van der Waals surface area contributed by atoms with Gasteiger partial charge in [-0.3, -0.25) is 4.79 Å². The number of hydrogen-bond donors (Lipinski definition) is 1. The van der Waals surface area contributed by atoms with E-state index in [2.05, 4.69) is 0 Å².